The van der Waals surface area contributed by atoms with E-state index in [0.29, 0.717) is 26.1 Å². The van der Waals surface area contributed by atoms with Crippen LogP contribution < -0.4 is 25.0 Å². The molecule has 8 nitrogen and oxygen atoms in total. The standard InChI is InChI=1S/C34H41N3O5Si/c1-23-32(43(3,4)27-14-12-26(41-2)13-15-27)30(16-19-38)42-34(23)28-10-5-6-11-29(28)37(33(34)40)22-24-8-7-9-25(20-24)36-18-17-35-21-31(36)39/h5-15,20,23,30,32,35,38H,16-19,21-22H2,1-4H3/t23-,30+,32-,34+/m1/s1. The molecule has 2 amide bonds. The minimum atomic E-state index is -2.22. The zero-order chi connectivity index (χ0) is 30.4. The molecule has 0 unspecified atom stereocenters. The van der Waals surface area contributed by atoms with Crippen molar-refractivity contribution in [2.45, 2.75) is 50.2 Å². The van der Waals surface area contributed by atoms with Gasteiger partial charge in [-0.25, -0.2) is 0 Å². The van der Waals surface area contributed by atoms with Gasteiger partial charge in [-0.05, 0) is 47.9 Å². The predicted octanol–water partition coefficient (Wildman–Crippen LogP) is 3.78. The summed E-state index contributed by atoms with van der Waals surface area (Å²) < 4.78 is 12.4. The molecule has 4 atom stereocenters. The van der Waals surface area contributed by atoms with Gasteiger partial charge in [0.1, 0.15) is 5.75 Å². The van der Waals surface area contributed by atoms with Gasteiger partial charge in [0.05, 0.1) is 40.1 Å². The van der Waals surface area contributed by atoms with Gasteiger partial charge in [-0.3, -0.25) is 9.59 Å². The van der Waals surface area contributed by atoms with Crippen molar-refractivity contribution >= 4 is 36.4 Å². The van der Waals surface area contributed by atoms with Crippen LogP contribution in [0.15, 0.2) is 72.8 Å². The molecule has 226 valence electrons. The smallest absolute Gasteiger partial charge is 0.264 e. The summed E-state index contributed by atoms with van der Waals surface area (Å²) in [4.78, 5) is 31.0. The molecule has 9 heteroatoms. The molecule has 0 saturated carbocycles. The SMILES string of the molecule is COc1ccc([Si](C)(C)[C@H]2[C@H](CCO)O[C@@]3(C(=O)N(Cc4cccc(N5CCNCC5=O)c4)c4ccccc43)[C@@H]2C)cc1. The molecular weight excluding hydrogens is 558 g/mol. The lowest BCUT2D eigenvalue weighted by Crippen LogP contribution is -2.51. The van der Waals surface area contributed by atoms with Gasteiger partial charge < -0.3 is 29.7 Å². The van der Waals surface area contributed by atoms with Gasteiger partial charge in [0.15, 0.2) is 5.60 Å². The van der Waals surface area contributed by atoms with Crippen LogP contribution in [0, 0.1) is 5.92 Å². The number of piperazine rings is 1. The number of rotatable bonds is 8. The summed E-state index contributed by atoms with van der Waals surface area (Å²) in [5.74, 6) is 0.683. The number of para-hydroxylation sites is 1. The summed E-state index contributed by atoms with van der Waals surface area (Å²) in [6, 6.07) is 24.2. The number of hydrogen-bond acceptors (Lipinski definition) is 6. The van der Waals surface area contributed by atoms with E-state index in [9.17, 15) is 14.7 Å². The van der Waals surface area contributed by atoms with E-state index in [4.69, 9.17) is 9.47 Å². The van der Waals surface area contributed by atoms with Crippen LogP contribution >= 0.6 is 0 Å². The number of amides is 2. The topological polar surface area (TPSA) is 91.3 Å². The fourth-order valence-electron chi connectivity index (χ4n) is 7.71. The molecule has 3 aliphatic heterocycles. The average molecular weight is 600 g/mol. The first kappa shape index (κ1) is 29.6. The number of ether oxygens (including phenoxy) is 2. The number of aliphatic hydroxyl groups is 1. The van der Waals surface area contributed by atoms with Crippen molar-refractivity contribution in [3.8, 4) is 5.75 Å². The van der Waals surface area contributed by atoms with Crippen LogP contribution in [0.4, 0.5) is 11.4 Å². The third-order valence-electron chi connectivity index (χ3n) is 9.81. The number of nitrogens with zero attached hydrogens (tertiary/aromatic N) is 2. The largest absolute Gasteiger partial charge is 0.497 e. The Labute approximate surface area is 254 Å². The Morgan fingerprint density at radius 2 is 1.84 bits per heavy atom. The zero-order valence-electron chi connectivity index (χ0n) is 25.4. The molecule has 3 heterocycles. The van der Waals surface area contributed by atoms with E-state index in [1.807, 2.05) is 65.6 Å². The van der Waals surface area contributed by atoms with E-state index in [0.717, 1.165) is 34.8 Å². The van der Waals surface area contributed by atoms with E-state index in [-0.39, 0.29) is 36.0 Å². The number of aliphatic hydroxyl groups excluding tert-OH is 1. The van der Waals surface area contributed by atoms with Crippen molar-refractivity contribution in [3.05, 3.63) is 83.9 Å². The van der Waals surface area contributed by atoms with E-state index >= 15 is 0 Å². The Kier molecular flexibility index (Phi) is 7.93. The minimum Gasteiger partial charge on any atom is -0.497 e. The molecule has 0 aromatic heterocycles. The Hall–Kier alpha value is -3.50. The maximum atomic E-state index is 14.7. The average Bonchev–Trinajstić information content (AvgIpc) is 3.44. The molecule has 3 aromatic rings. The summed E-state index contributed by atoms with van der Waals surface area (Å²) in [7, 11) is -0.556. The van der Waals surface area contributed by atoms with Crippen molar-refractivity contribution in [1.29, 1.82) is 0 Å². The lowest BCUT2D eigenvalue weighted by molar-refractivity contribution is -0.146. The first-order valence-corrected chi connectivity index (χ1v) is 18.2. The van der Waals surface area contributed by atoms with E-state index in [1.54, 1.807) is 12.0 Å². The van der Waals surface area contributed by atoms with Gasteiger partial charge in [0.25, 0.3) is 5.91 Å². The van der Waals surface area contributed by atoms with Crippen molar-refractivity contribution in [2.75, 3.05) is 43.2 Å². The predicted molar refractivity (Wildman–Crippen MR) is 171 cm³/mol. The highest BCUT2D eigenvalue weighted by molar-refractivity contribution is 6.91. The maximum absolute atomic E-state index is 14.7. The molecule has 0 aliphatic carbocycles. The van der Waals surface area contributed by atoms with Gasteiger partial charge >= 0.3 is 0 Å². The second-order valence-corrected chi connectivity index (χ2v) is 17.2. The van der Waals surface area contributed by atoms with E-state index in [1.165, 1.54) is 5.19 Å². The Morgan fingerprint density at radius 3 is 2.56 bits per heavy atom. The number of benzene rings is 3. The Balaban J connectivity index is 1.36. The van der Waals surface area contributed by atoms with Crippen molar-refractivity contribution in [2.24, 2.45) is 5.92 Å². The van der Waals surface area contributed by atoms with Crippen LogP contribution in [0.25, 0.3) is 0 Å². The normalized spacial score (nSPS) is 25.5. The molecule has 6 rings (SSSR count). The van der Waals surface area contributed by atoms with Gasteiger partial charge in [-0.2, -0.15) is 0 Å². The second-order valence-electron chi connectivity index (χ2n) is 12.5. The van der Waals surface area contributed by atoms with Crippen LogP contribution in [0.3, 0.4) is 0 Å². The minimum absolute atomic E-state index is 0.00581. The molecule has 43 heavy (non-hydrogen) atoms. The third-order valence-corrected chi connectivity index (χ3v) is 14.2. The van der Waals surface area contributed by atoms with Gasteiger partial charge in [0.2, 0.25) is 5.91 Å². The van der Waals surface area contributed by atoms with Crippen LogP contribution in [-0.4, -0.2) is 64.4 Å². The third kappa shape index (κ3) is 4.88. The van der Waals surface area contributed by atoms with E-state index < -0.39 is 13.7 Å². The summed E-state index contributed by atoms with van der Waals surface area (Å²) in [5.41, 5.74) is 2.50. The molecule has 1 spiro atoms. The highest BCUT2D eigenvalue weighted by Crippen LogP contribution is 2.60. The second kappa shape index (κ2) is 11.5. The number of fused-ring (bicyclic) bond motifs is 2. The Bertz CT molecular complexity index is 1510. The molecule has 0 bridgehead atoms. The van der Waals surface area contributed by atoms with Crippen LogP contribution in [0.1, 0.15) is 24.5 Å². The van der Waals surface area contributed by atoms with Crippen LogP contribution in [0.2, 0.25) is 18.6 Å². The maximum Gasteiger partial charge on any atom is 0.264 e. The fraction of sp³-hybridized carbons (Fsp3) is 0.412. The van der Waals surface area contributed by atoms with Gasteiger partial charge in [-0.1, -0.05) is 67.7 Å². The number of methoxy groups -OCH3 is 1. The molecule has 2 saturated heterocycles. The summed E-state index contributed by atoms with van der Waals surface area (Å²) >= 11 is 0. The molecule has 2 N–H and O–H groups in total. The molecule has 2 fully saturated rings. The lowest BCUT2D eigenvalue weighted by atomic mass is 9.82. The molecule has 0 radical (unpaired) electrons. The number of hydrogen-bond donors (Lipinski definition) is 2. The summed E-state index contributed by atoms with van der Waals surface area (Å²) in [6.07, 6.45) is 0.210. The first-order valence-electron chi connectivity index (χ1n) is 15.2. The number of nitrogens with one attached hydrogen (secondary N) is 1. The van der Waals surface area contributed by atoms with Crippen molar-refractivity contribution in [3.63, 3.8) is 0 Å². The Morgan fingerprint density at radius 1 is 1.07 bits per heavy atom. The summed E-state index contributed by atoms with van der Waals surface area (Å²) in [6.45, 7) is 8.90. The van der Waals surface area contributed by atoms with Gasteiger partial charge in [-0.15, -0.1) is 0 Å². The van der Waals surface area contributed by atoms with Crippen molar-refractivity contribution in [1.82, 2.24) is 5.32 Å². The molecule has 3 aromatic carbocycles. The highest BCUT2D eigenvalue weighted by Gasteiger charge is 2.66. The monoisotopic (exact) mass is 599 g/mol. The van der Waals surface area contributed by atoms with E-state index in [2.05, 4.69) is 37.5 Å². The quantitative estimate of drug-likeness (QED) is 0.383. The fourth-order valence-corrected chi connectivity index (χ4v) is 11.8. The first-order chi connectivity index (χ1) is 20.7. The number of carbonyl (C=O) groups excluding carboxylic acids is 2. The molecular formula is C34H41N3O5Si. The lowest BCUT2D eigenvalue weighted by Gasteiger charge is -2.37. The number of carbonyl (C=O) groups is 2. The zero-order valence-corrected chi connectivity index (χ0v) is 26.4. The molecule has 3 aliphatic rings. The highest BCUT2D eigenvalue weighted by atomic mass is 28.3. The van der Waals surface area contributed by atoms with Crippen LogP contribution in [-0.2, 0) is 26.5 Å². The van der Waals surface area contributed by atoms with Gasteiger partial charge in [0, 0.05) is 36.9 Å². The number of anilines is 2. The van der Waals surface area contributed by atoms with Crippen LogP contribution in [0.5, 0.6) is 5.75 Å². The summed E-state index contributed by atoms with van der Waals surface area (Å²) in [5, 5.41) is 14.5. The van der Waals surface area contributed by atoms with Crippen molar-refractivity contribution < 1.29 is 24.2 Å².